The fourth-order valence-electron chi connectivity index (χ4n) is 9.81. The molecule has 1 fully saturated rings. The van der Waals surface area contributed by atoms with E-state index in [1.807, 2.05) is 166 Å². The van der Waals surface area contributed by atoms with E-state index in [0.29, 0.717) is 10.7 Å². The number of hydrogen-bond acceptors (Lipinski definition) is 13. The van der Waals surface area contributed by atoms with Gasteiger partial charge < -0.3 is 24.9 Å². The molecule has 3 atom stereocenters. The standard InChI is InChI=1S/C64H56N6O7S2/c1-43(2)39-54(71)75-44(3)76-61(74)57-46(37-36-45-23-22-38-65-40-45)41-78-60-56(59(73)70(57)60)67-58(72)55(69-77-64(50-30-16-7-17-31-50,51-32-18-8-19-33-51)52-34-20-9-21-35-52)53-42-79-62(66-53)68-63(47-24-10-4-11-25-47,48-26-12-5-13-27-48)49-28-14-6-15-29-49/h4-38,40,42-44,56,60H,39,41H2,1-3H3,(H,66,68)(H,67,72)/b37-36-,69-55+/t44?,56-,60-/m1/s1. The summed E-state index contributed by atoms with van der Waals surface area (Å²) in [5.41, 5.74) is 3.90. The maximum Gasteiger partial charge on any atom is 0.358 e. The maximum absolute atomic E-state index is 15.4. The van der Waals surface area contributed by atoms with E-state index in [-0.39, 0.29) is 35.2 Å². The molecule has 0 saturated carbocycles. The monoisotopic (exact) mass is 1080 g/mol. The SMILES string of the molecule is CC(C)CC(=O)OC(C)OC(=O)C1=C(/C=C\c2cccnc2)CS[C@@H]2[C@H](NC(=O)/C(=N/OC(c3ccccc3)(c3ccccc3)c3ccccc3)c3csc(NC(c4ccccc4)(c4ccccc4)c4ccccc4)n3)C(=O)N12. The Hall–Kier alpha value is -8.92. The first-order valence-corrected chi connectivity index (χ1v) is 27.8. The molecule has 2 aliphatic rings. The van der Waals surface area contributed by atoms with Gasteiger partial charge in [-0.3, -0.25) is 24.3 Å². The van der Waals surface area contributed by atoms with Crippen molar-refractivity contribution in [2.24, 2.45) is 11.1 Å². The Balaban J connectivity index is 1.04. The third-order valence-corrected chi connectivity index (χ3v) is 15.5. The van der Waals surface area contributed by atoms with Gasteiger partial charge in [0.1, 0.15) is 28.3 Å². The van der Waals surface area contributed by atoms with Crippen molar-refractivity contribution in [3.8, 4) is 0 Å². The van der Waals surface area contributed by atoms with Crippen LogP contribution in [0.1, 0.15) is 71.8 Å². The number of aromatic nitrogens is 2. The molecule has 13 nitrogen and oxygen atoms in total. The van der Waals surface area contributed by atoms with E-state index in [9.17, 15) is 14.4 Å². The third-order valence-electron chi connectivity index (χ3n) is 13.5. The molecule has 396 valence electrons. The fourth-order valence-corrected chi connectivity index (χ4v) is 11.9. The zero-order valence-corrected chi connectivity index (χ0v) is 45.2. The minimum absolute atomic E-state index is 0.0215. The van der Waals surface area contributed by atoms with E-state index in [1.54, 1.807) is 36.0 Å². The summed E-state index contributed by atoms with van der Waals surface area (Å²) in [6, 6.07) is 61.8. The molecule has 8 aromatic rings. The number of anilines is 1. The van der Waals surface area contributed by atoms with Crippen LogP contribution in [0.4, 0.5) is 5.13 Å². The Morgan fingerprint density at radius 1 is 0.696 bits per heavy atom. The van der Waals surface area contributed by atoms with Crippen molar-refractivity contribution in [2.75, 3.05) is 11.1 Å². The lowest BCUT2D eigenvalue weighted by molar-refractivity contribution is -0.184. The molecule has 10 rings (SSSR count). The molecule has 1 unspecified atom stereocenters. The number of rotatable bonds is 20. The van der Waals surface area contributed by atoms with Crippen LogP contribution in [0.25, 0.3) is 6.08 Å². The number of pyridine rings is 1. The number of nitrogens with zero attached hydrogens (tertiary/aromatic N) is 4. The van der Waals surface area contributed by atoms with Crippen molar-refractivity contribution in [1.29, 1.82) is 0 Å². The van der Waals surface area contributed by atoms with Crippen molar-refractivity contribution in [3.05, 3.63) is 274 Å². The lowest BCUT2D eigenvalue weighted by atomic mass is 9.77. The first-order valence-electron chi connectivity index (χ1n) is 25.9. The van der Waals surface area contributed by atoms with Crippen molar-refractivity contribution in [3.63, 3.8) is 0 Å². The largest absolute Gasteiger partial charge is 0.425 e. The van der Waals surface area contributed by atoms with Crippen LogP contribution < -0.4 is 10.6 Å². The lowest BCUT2D eigenvalue weighted by Crippen LogP contribution is -2.71. The number of amides is 2. The van der Waals surface area contributed by atoms with Crippen molar-refractivity contribution in [2.45, 2.75) is 56.0 Å². The van der Waals surface area contributed by atoms with Gasteiger partial charge in [-0.15, -0.1) is 23.1 Å². The van der Waals surface area contributed by atoms with Gasteiger partial charge in [-0.2, -0.15) is 0 Å². The Bertz CT molecular complexity index is 3300. The number of oxime groups is 1. The van der Waals surface area contributed by atoms with Gasteiger partial charge in [0, 0.05) is 53.6 Å². The summed E-state index contributed by atoms with van der Waals surface area (Å²) in [6.45, 7) is 5.21. The number of nitrogens with one attached hydrogen (secondary N) is 2. The van der Waals surface area contributed by atoms with Crippen molar-refractivity contribution < 1.29 is 33.5 Å². The summed E-state index contributed by atoms with van der Waals surface area (Å²) in [5, 5.41) is 13.1. The summed E-state index contributed by atoms with van der Waals surface area (Å²) < 4.78 is 11.1. The van der Waals surface area contributed by atoms with Gasteiger partial charge in [-0.1, -0.05) is 219 Å². The second-order valence-electron chi connectivity index (χ2n) is 19.2. The fraction of sp³-hybridized carbons (Fsp3) is 0.172. The smallest absolute Gasteiger partial charge is 0.358 e. The molecule has 2 aromatic heterocycles. The van der Waals surface area contributed by atoms with Crippen molar-refractivity contribution in [1.82, 2.24) is 20.2 Å². The lowest BCUT2D eigenvalue weighted by Gasteiger charge is -2.49. The normalized spacial score (nSPS) is 15.9. The zero-order chi connectivity index (χ0) is 54.8. The molecule has 79 heavy (non-hydrogen) atoms. The highest BCUT2D eigenvalue weighted by atomic mass is 32.2. The number of carbonyl (C=O) groups is 4. The third kappa shape index (κ3) is 11.4. The van der Waals surface area contributed by atoms with Crippen LogP contribution >= 0.6 is 23.1 Å². The number of allylic oxidation sites excluding steroid dienone is 1. The summed E-state index contributed by atoms with van der Waals surface area (Å²) in [5.74, 6) is -2.43. The first-order chi connectivity index (χ1) is 38.5. The molecule has 0 bridgehead atoms. The summed E-state index contributed by atoms with van der Waals surface area (Å²) in [6.07, 6.45) is 5.73. The molecule has 6 aromatic carbocycles. The molecule has 2 aliphatic heterocycles. The molecule has 4 heterocycles. The average Bonchev–Trinajstić information content (AvgIpc) is 4.03. The van der Waals surface area contributed by atoms with E-state index in [1.165, 1.54) is 34.9 Å². The van der Waals surface area contributed by atoms with Crippen LogP contribution in [-0.2, 0) is 44.6 Å². The Labute approximate surface area is 467 Å². The van der Waals surface area contributed by atoms with Crippen molar-refractivity contribution >= 4 is 63.8 Å². The molecule has 2 N–H and O–H groups in total. The molecular formula is C64H56N6O7S2. The average molecular weight is 1090 g/mol. The predicted molar refractivity (Wildman–Crippen MR) is 308 cm³/mol. The van der Waals surface area contributed by atoms with Gasteiger partial charge in [-0.25, -0.2) is 9.78 Å². The zero-order valence-electron chi connectivity index (χ0n) is 43.5. The number of esters is 2. The Morgan fingerprint density at radius 2 is 1.22 bits per heavy atom. The minimum atomic E-state index is -1.39. The van der Waals surface area contributed by atoms with Gasteiger partial charge in [0.15, 0.2) is 10.8 Å². The number of benzene rings is 6. The number of hydrogen-bond donors (Lipinski definition) is 2. The van der Waals surface area contributed by atoms with E-state index in [4.69, 9.17) is 24.5 Å². The summed E-state index contributed by atoms with van der Waals surface area (Å²) >= 11 is 2.65. The number of β-lactam (4-membered cyclic amide) rings is 1. The molecular weight excluding hydrogens is 1030 g/mol. The van der Waals surface area contributed by atoms with Gasteiger partial charge in [0.2, 0.25) is 11.9 Å². The van der Waals surface area contributed by atoms with Gasteiger partial charge in [-0.05, 0) is 39.8 Å². The molecule has 2 amide bonds. The predicted octanol–water partition coefficient (Wildman–Crippen LogP) is 11.5. The quantitative estimate of drug-likeness (QED) is 0.0187. The minimum Gasteiger partial charge on any atom is -0.425 e. The molecule has 0 spiro atoms. The van der Waals surface area contributed by atoms with E-state index in [2.05, 4.69) is 52.0 Å². The van der Waals surface area contributed by atoms with Gasteiger partial charge >= 0.3 is 11.9 Å². The first kappa shape index (κ1) is 53.5. The Morgan fingerprint density at radius 3 is 1.71 bits per heavy atom. The second-order valence-corrected chi connectivity index (χ2v) is 21.2. The Kier molecular flexibility index (Phi) is 16.4. The van der Waals surface area contributed by atoms with Crippen LogP contribution in [0, 0.1) is 5.92 Å². The number of thioether (sulfide) groups is 1. The van der Waals surface area contributed by atoms with E-state index in [0.717, 1.165) is 38.9 Å². The highest BCUT2D eigenvalue weighted by Crippen LogP contribution is 2.44. The number of ether oxygens (including phenoxy) is 2. The van der Waals surface area contributed by atoms with Crippen LogP contribution in [0.15, 0.2) is 234 Å². The summed E-state index contributed by atoms with van der Waals surface area (Å²) in [7, 11) is 0. The van der Waals surface area contributed by atoms with Gasteiger partial charge in [0.25, 0.3) is 11.8 Å². The van der Waals surface area contributed by atoms with E-state index >= 15 is 4.79 Å². The summed E-state index contributed by atoms with van der Waals surface area (Å²) in [4.78, 5) is 74.6. The van der Waals surface area contributed by atoms with Crippen LogP contribution in [0.3, 0.4) is 0 Å². The molecule has 0 radical (unpaired) electrons. The molecule has 0 aliphatic carbocycles. The highest BCUT2D eigenvalue weighted by molar-refractivity contribution is 8.00. The second kappa shape index (κ2) is 24.2. The van der Waals surface area contributed by atoms with Gasteiger partial charge in [0.05, 0.1) is 0 Å². The molecule has 1 saturated heterocycles. The number of thiazole rings is 1. The molecule has 15 heteroatoms. The number of carbonyl (C=O) groups excluding carboxylic acids is 4. The highest BCUT2D eigenvalue weighted by Gasteiger charge is 2.55. The van der Waals surface area contributed by atoms with Crippen LogP contribution in [-0.4, -0.2) is 67.8 Å². The number of fused-ring (bicyclic) bond motifs is 1. The van der Waals surface area contributed by atoms with Crippen LogP contribution in [0.2, 0.25) is 0 Å². The van der Waals surface area contributed by atoms with Crippen LogP contribution in [0.5, 0.6) is 0 Å². The van der Waals surface area contributed by atoms with E-state index < -0.39 is 52.6 Å². The topological polar surface area (TPSA) is 161 Å². The maximum atomic E-state index is 15.4.